The highest BCUT2D eigenvalue weighted by atomic mass is 32.2. The zero-order valence-corrected chi connectivity index (χ0v) is 11.2. The standard InChI is InChI=1S/C14H13NS2/c1-16-14-15(11-7-3-2-4-8-11)12-9-5-6-10-13(12)17-14/h2-10,14H,1H3. The Labute approximate surface area is 110 Å². The average Bonchev–Trinajstić information content (AvgIpc) is 2.78. The maximum absolute atomic E-state index is 2.41. The molecular formula is C14H13NS2. The molecule has 0 fully saturated rings. The Bertz CT molecular complexity index is 513. The first kappa shape index (κ1) is 11.1. The lowest BCUT2D eigenvalue weighted by molar-refractivity contribution is 1.13. The third-order valence-corrected chi connectivity index (χ3v) is 5.29. The molecular weight excluding hydrogens is 246 g/mol. The number of rotatable bonds is 2. The van der Waals surface area contributed by atoms with Gasteiger partial charge in [0.2, 0.25) is 0 Å². The molecule has 0 aliphatic carbocycles. The number of anilines is 2. The van der Waals surface area contributed by atoms with Crippen molar-refractivity contribution < 1.29 is 0 Å². The van der Waals surface area contributed by atoms with E-state index in [4.69, 9.17) is 0 Å². The van der Waals surface area contributed by atoms with Crippen molar-refractivity contribution >= 4 is 34.9 Å². The summed E-state index contributed by atoms with van der Waals surface area (Å²) in [7, 11) is 0. The van der Waals surface area contributed by atoms with E-state index >= 15 is 0 Å². The Hall–Kier alpha value is -1.06. The minimum atomic E-state index is 0.440. The third-order valence-electron chi connectivity index (χ3n) is 2.80. The topological polar surface area (TPSA) is 3.24 Å². The quantitative estimate of drug-likeness (QED) is 0.777. The van der Waals surface area contributed by atoms with Gasteiger partial charge >= 0.3 is 0 Å². The van der Waals surface area contributed by atoms with Gasteiger partial charge in [0.1, 0.15) is 4.71 Å². The molecule has 0 radical (unpaired) electrons. The maximum atomic E-state index is 2.41. The van der Waals surface area contributed by atoms with E-state index in [9.17, 15) is 0 Å². The molecule has 2 aromatic carbocycles. The Kier molecular flexibility index (Phi) is 3.04. The molecule has 3 rings (SSSR count). The van der Waals surface area contributed by atoms with Crippen LogP contribution in [0.15, 0.2) is 59.5 Å². The summed E-state index contributed by atoms with van der Waals surface area (Å²) in [6, 6.07) is 19.2. The smallest absolute Gasteiger partial charge is 0.131 e. The molecule has 1 atom stereocenters. The van der Waals surface area contributed by atoms with E-state index in [1.54, 1.807) is 0 Å². The second-order valence-corrected chi connectivity index (χ2v) is 6.17. The van der Waals surface area contributed by atoms with Crippen molar-refractivity contribution in [3.05, 3.63) is 54.6 Å². The molecule has 1 aliphatic rings. The molecule has 0 saturated heterocycles. The number of benzene rings is 2. The first-order valence-electron chi connectivity index (χ1n) is 5.53. The molecule has 0 N–H and O–H groups in total. The number of hydrogen-bond acceptors (Lipinski definition) is 3. The highest BCUT2D eigenvalue weighted by Crippen LogP contribution is 2.50. The Morgan fingerprint density at radius 1 is 1.00 bits per heavy atom. The summed E-state index contributed by atoms with van der Waals surface area (Å²) >= 11 is 3.81. The normalized spacial score (nSPS) is 18.2. The van der Waals surface area contributed by atoms with E-state index < -0.39 is 0 Å². The predicted octanol–water partition coefficient (Wildman–Crippen LogP) is 4.58. The van der Waals surface area contributed by atoms with Gasteiger partial charge in [-0.15, -0.1) is 11.8 Å². The predicted molar refractivity (Wildman–Crippen MR) is 78.2 cm³/mol. The first-order chi connectivity index (χ1) is 8.40. The molecule has 1 unspecified atom stereocenters. The van der Waals surface area contributed by atoms with Gasteiger partial charge in [0, 0.05) is 10.6 Å². The summed E-state index contributed by atoms with van der Waals surface area (Å²) in [4.78, 5) is 3.78. The minimum Gasteiger partial charge on any atom is -0.318 e. The molecule has 1 aliphatic heterocycles. The first-order valence-corrected chi connectivity index (χ1v) is 7.69. The second-order valence-electron chi connectivity index (χ2n) is 3.83. The third kappa shape index (κ3) is 1.94. The minimum absolute atomic E-state index is 0.440. The molecule has 17 heavy (non-hydrogen) atoms. The molecule has 1 heterocycles. The number of para-hydroxylation sites is 2. The lowest BCUT2D eigenvalue weighted by Crippen LogP contribution is -2.20. The van der Waals surface area contributed by atoms with Crippen LogP contribution in [0.1, 0.15) is 0 Å². The van der Waals surface area contributed by atoms with Crippen LogP contribution in [0.4, 0.5) is 11.4 Å². The summed E-state index contributed by atoms with van der Waals surface area (Å²) in [6.45, 7) is 0. The number of nitrogens with zero attached hydrogens (tertiary/aromatic N) is 1. The van der Waals surface area contributed by atoms with Gasteiger partial charge in [0.25, 0.3) is 0 Å². The van der Waals surface area contributed by atoms with Gasteiger partial charge in [0.05, 0.1) is 5.69 Å². The van der Waals surface area contributed by atoms with Crippen LogP contribution in [0, 0.1) is 0 Å². The lowest BCUT2D eigenvalue weighted by atomic mass is 10.2. The van der Waals surface area contributed by atoms with Crippen molar-refractivity contribution in [3.63, 3.8) is 0 Å². The molecule has 0 bridgehead atoms. The van der Waals surface area contributed by atoms with E-state index in [2.05, 4.69) is 65.8 Å². The van der Waals surface area contributed by atoms with Crippen LogP contribution in [0.2, 0.25) is 0 Å². The molecule has 0 saturated carbocycles. The summed E-state index contributed by atoms with van der Waals surface area (Å²) in [5.74, 6) is 0. The monoisotopic (exact) mass is 259 g/mol. The zero-order chi connectivity index (χ0) is 11.7. The van der Waals surface area contributed by atoms with E-state index in [0.717, 1.165) is 0 Å². The summed E-state index contributed by atoms with van der Waals surface area (Å²) in [5.41, 5.74) is 2.59. The highest BCUT2D eigenvalue weighted by Gasteiger charge is 2.29. The van der Waals surface area contributed by atoms with Gasteiger partial charge < -0.3 is 4.90 Å². The Balaban J connectivity index is 2.08. The van der Waals surface area contributed by atoms with Gasteiger partial charge in [-0.1, -0.05) is 42.1 Å². The summed E-state index contributed by atoms with van der Waals surface area (Å²) < 4.78 is 0.440. The van der Waals surface area contributed by atoms with Crippen LogP contribution < -0.4 is 4.90 Å². The molecule has 0 amide bonds. The van der Waals surface area contributed by atoms with E-state index in [1.165, 1.54) is 16.3 Å². The second kappa shape index (κ2) is 4.67. The number of fused-ring (bicyclic) bond motifs is 1. The van der Waals surface area contributed by atoms with Gasteiger partial charge in [-0.25, -0.2) is 0 Å². The molecule has 0 aromatic heterocycles. The van der Waals surface area contributed by atoms with Crippen molar-refractivity contribution in [2.45, 2.75) is 9.60 Å². The van der Waals surface area contributed by atoms with Crippen molar-refractivity contribution in [2.75, 3.05) is 11.2 Å². The van der Waals surface area contributed by atoms with Crippen LogP contribution >= 0.6 is 23.5 Å². The van der Waals surface area contributed by atoms with Crippen molar-refractivity contribution in [3.8, 4) is 0 Å². The fourth-order valence-electron chi connectivity index (χ4n) is 2.03. The van der Waals surface area contributed by atoms with E-state index in [0.29, 0.717) is 4.71 Å². The van der Waals surface area contributed by atoms with Crippen LogP contribution in [0.25, 0.3) is 0 Å². The fraction of sp³-hybridized carbons (Fsp3) is 0.143. The fourth-order valence-corrected chi connectivity index (χ4v) is 4.18. The van der Waals surface area contributed by atoms with Crippen LogP contribution in [0.5, 0.6) is 0 Å². The Morgan fingerprint density at radius 3 is 2.47 bits per heavy atom. The summed E-state index contributed by atoms with van der Waals surface area (Å²) in [5, 5.41) is 0. The largest absolute Gasteiger partial charge is 0.318 e. The van der Waals surface area contributed by atoms with Gasteiger partial charge in [-0.2, -0.15) is 0 Å². The summed E-state index contributed by atoms with van der Waals surface area (Å²) in [6.07, 6.45) is 2.17. The van der Waals surface area contributed by atoms with Crippen molar-refractivity contribution in [1.29, 1.82) is 0 Å². The lowest BCUT2D eigenvalue weighted by Gasteiger charge is -2.25. The molecule has 86 valence electrons. The van der Waals surface area contributed by atoms with Gasteiger partial charge in [-0.3, -0.25) is 0 Å². The van der Waals surface area contributed by atoms with Crippen LogP contribution in [0.3, 0.4) is 0 Å². The Morgan fingerprint density at radius 2 is 1.71 bits per heavy atom. The van der Waals surface area contributed by atoms with Crippen molar-refractivity contribution in [2.24, 2.45) is 0 Å². The van der Waals surface area contributed by atoms with Crippen LogP contribution in [-0.2, 0) is 0 Å². The molecule has 1 nitrogen and oxygen atoms in total. The SMILES string of the molecule is CSC1Sc2ccccc2N1c1ccccc1. The molecule has 0 spiro atoms. The average molecular weight is 259 g/mol. The molecule has 2 aromatic rings. The van der Waals surface area contributed by atoms with E-state index in [1.807, 2.05) is 23.5 Å². The number of thioether (sulfide) groups is 2. The van der Waals surface area contributed by atoms with E-state index in [-0.39, 0.29) is 0 Å². The van der Waals surface area contributed by atoms with Crippen molar-refractivity contribution in [1.82, 2.24) is 0 Å². The maximum Gasteiger partial charge on any atom is 0.131 e. The van der Waals surface area contributed by atoms with Crippen LogP contribution in [-0.4, -0.2) is 11.0 Å². The highest BCUT2D eigenvalue weighted by molar-refractivity contribution is 8.17. The molecule has 3 heteroatoms. The van der Waals surface area contributed by atoms with Gasteiger partial charge in [0.15, 0.2) is 0 Å². The number of hydrogen-bond donors (Lipinski definition) is 0. The zero-order valence-electron chi connectivity index (χ0n) is 9.54. The van der Waals surface area contributed by atoms with Gasteiger partial charge in [-0.05, 0) is 30.5 Å².